The second-order valence-electron chi connectivity index (χ2n) is 5.06. The van der Waals surface area contributed by atoms with E-state index in [9.17, 15) is 0 Å². The molecule has 0 aliphatic heterocycles. The number of nitrogens with one attached hydrogen (secondary N) is 1. The standard InChI is InChI=1S/C17H22N2/c1-13(15-8-4-3-5-9-15)11-12-19-16-10-6-7-14(2)17(16)18/h3-10,13,19H,11-12,18H2,1-2H3. The largest absolute Gasteiger partial charge is 0.397 e. The maximum atomic E-state index is 6.05. The summed E-state index contributed by atoms with van der Waals surface area (Å²) in [6, 6.07) is 16.7. The van der Waals surface area contributed by atoms with Crippen molar-refractivity contribution >= 4 is 11.4 Å². The quantitative estimate of drug-likeness (QED) is 0.785. The average molecular weight is 254 g/mol. The van der Waals surface area contributed by atoms with Gasteiger partial charge in [-0.3, -0.25) is 0 Å². The molecule has 2 aromatic rings. The van der Waals surface area contributed by atoms with Gasteiger partial charge in [0.25, 0.3) is 0 Å². The first kappa shape index (κ1) is 13.5. The Morgan fingerprint density at radius 2 is 1.79 bits per heavy atom. The number of benzene rings is 2. The second kappa shape index (κ2) is 6.28. The highest BCUT2D eigenvalue weighted by Crippen LogP contribution is 2.23. The highest BCUT2D eigenvalue weighted by Gasteiger charge is 2.05. The minimum atomic E-state index is 0.555. The predicted octanol–water partition coefficient (Wildman–Crippen LogP) is 4.18. The van der Waals surface area contributed by atoms with Gasteiger partial charge in [-0.2, -0.15) is 0 Å². The van der Waals surface area contributed by atoms with Crippen molar-refractivity contribution in [1.29, 1.82) is 0 Å². The molecule has 0 aliphatic carbocycles. The number of nitrogen functional groups attached to an aromatic ring is 1. The van der Waals surface area contributed by atoms with Crippen LogP contribution in [0, 0.1) is 6.92 Å². The van der Waals surface area contributed by atoms with E-state index in [2.05, 4.69) is 42.6 Å². The lowest BCUT2D eigenvalue weighted by Crippen LogP contribution is -2.08. The fraction of sp³-hybridized carbons (Fsp3) is 0.294. The molecule has 0 heterocycles. The Balaban J connectivity index is 1.88. The highest BCUT2D eigenvalue weighted by molar-refractivity contribution is 5.69. The van der Waals surface area contributed by atoms with Crippen LogP contribution in [0.5, 0.6) is 0 Å². The van der Waals surface area contributed by atoms with Crippen LogP contribution in [-0.4, -0.2) is 6.54 Å². The van der Waals surface area contributed by atoms with E-state index in [1.165, 1.54) is 5.56 Å². The molecule has 2 nitrogen and oxygen atoms in total. The number of hydrogen-bond donors (Lipinski definition) is 2. The average Bonchev–Trinajstić information content (AvgIpc) is 2.44. The molecule has 0 bridgehead atoms. The fourth-order valence-corrected chi connectivity index (χ4v) is 2.21. The molecule has 0 fully saturated rings. The van der Waals surface area contributed by atoms with Gasteiger partial charge in [0, 0.05) is 6.54 Å². The third-order valence-electron chi connectivity index (χ3n) is 3.59. The van der Waals surface area contributed by atoms with Crippen molar-refractivity contribution in [2.75, 3.05) is 17.6 Å². The third kappa shape index (κ3) is 3.50. The van der Waals surface area contributed by atoms with Crippen LogP contribution in [0.15, 0.2) is 48.5 Å². The maximum absolute atomic E-state index is 6.05. The van der Waals surface area contributed by atoms with E-state index in [1.54, 1.807) is 0 Å². The molecule has 0 spiro atoms. The van der Waals surface area contributed by atoms with Crippen molar-refractivity contribution in [3.8, 4) is 0 Å². The van der Waals surface area contributed by atoms with E-state index in [1.807, 2.05) is 25.1 Å². The molecule has 0 saturated carbocycles. The Labute approximate surface area is 115 Å². The van der Waals surface area contributed by atoms with Crippen molar-refractivity contribution in [2.24, 2.45) is 0 Å². The summed E-state index contributed by atoms with van der Waals surface area (Å²) in [6.45, 7) is 5.23. The van der Waals surface area contributed by atoms with Crippen molar-refractivity contribution in [3.05, 3.63) is 59.7 Å². The van der Waals surface area contributed by atoms with Crippen LogP contribution in [0.2, 0.25) is 0 Å². The van der Waals surface area contributed by atoms with Gasteiger partial charge in [0.15, 0.2) is 0 Å². The van der Waals surface area contributed by atoms with Crippen molar-refractivity contribution < 1.29 is 0 Å². The van der Waals surface area contributed by atoms with E-state index in [0.717, 1.165) is 29.9 Å². The first-order valence-corrected chi connectivity index (χ1v) is 6.82. The topological polar surface area (TPSA) is 38.0 Å². The zero-order valence-electron chi connectivity index (χ0n) is 11.7. The molecule has 100 valence electrons. The Morgan fingerprint density at radius 3 is 2.53 bits per heavy atom. The summed E-state index contributed by atoms with van der Waals surface area (Å²) in [5, 5.41) is 3.43. The molecule has 0 aliphatic rings. The zero-order valence-corrected chi connectivity index (χ0v) is 11.7. The van der Waals surface area contributed by atoms with Gasteiger partial charge in [-0.25, -0.2) is 0 Å². The van der Waals surface area contributed by atoms with Gasteiger partial charge in [-0.1, -0.05) is 49.4 Å². The highest BCUT2D eigenvalue weighted by atomic mass is 14.9. The van der Waals surface area contributed by atoms with Crippen molar-refractivity contribution in [2.45, 2.75) is 26.2 Å². The summed E-state index contributed by atoms with van der Waals surface area (Å²) in [7, 11) is 0. The lowest BCUT2D eigenvalue weighted by molar-refractivity contribution is 0.706. The molecule has 2 rings (SSSR count). The van der Waals surface area contributed by atoms with Gasteiger partial charge in [0.2, 0.25) is 0 Å². The number of aryl methyl sites for hydroxylation is 1. The minimum absolute atomic E-state index is 0.555. The third-order valence-corrected chi connectivity index (χ3v) is 3.59. The summed E-state index contributed by atoms with van der Waals surface area (Å²) in [5.41, 5.74) is 10.5. The van der Waals surface area contributed by atoms with Crippen molar-refractivity contribution in [3.63, 3.8) is 0 Å². The van der Waals surface area contributed by atoms with Gasteiger partial charge in [0.05, 0.1) is 11.4 Å². The molecule has 2 heteroatoms. The lowest BCUT2D eigenvalue weighted by Gasteiger charge is -2.15. The Kier molecular flexibility index (Phi) is 4.45. The fourth-order valence-electron chi connectivity index (χ4n) is 2.21. The number of rotatable bonds is 5. The van der Waals surface area contributed by atoms with Gasteiger partial charge in [0.1, 0.15) is 0 Å². The molecular weight excluding hydrogens is 232 g/mol. The molecular formula is C17H22N2. The van der Waals surface area contributed by atoms with Crippen LogP contribution < -0.4 is 11.1 Å². The van der Waals surface area contributed by atoms with E-state index >= 15 is 0 Å². The predicted molar refractivity (Wildman–Crippen MR) is 83.6 cm³/mol. The molecule has 1 unspecified atom stereocenters. The molecule has 1 atom stereocenters. The first-order chi connectivity index (χ1) is 9.18. The number of anilines is 2. The van der Waals surface area contributed by atoms with Crippen LogP contribution >= 0.6 is 0 Å². The zero-order chi connectivity index (χ0) is 13.7. The Bertz CT molecular complexity index is 520. The second-order valence-corrected chi connectivity index (χ2v) is 5.06. The smallest absolute Gasteiger partial charge is 0.0579 e. The summed E-state index contributed by atoms with van der Waals surface area (Å²) in [4.78, 5) is 0. The molecule has 0 radical (unpaired) electrons. The van der Waals surface area contributed by atoms with E-state index in [-0.39, 0.29) is 0 Å². The monoisotopic (exact) mass is 254 g/mol. The van der Waals surface area contributed by atoms with Crippen LogP contribution in [0.25, 0.3) is 0 Å². The molecule has 2 aromatic carbocycles. The van der Waals surface area contributed by atoms with E-state index in [0.29, 0.717) is 5.92 Å². The van der Waals surface area contributed by atoms with E-state index < -0.39 is 0 Å². The maximum Gasteiger partial charge on any atom is 0.0579 e. The summed E-state index contributed by atoms with van der Waals surface area (Å²) < 4.78 is 0. The Hall–Kier alpha value is -1.96. The first-order valence-electron chi connectivity index (χ1n) is 6.82. The number of nitrogens with two attached hydrogens (primary N) is 1. The van der Waals surface area contributed by atoms with Crippen molar-refractivity contribution in [1.82, 2.24) is 0 Å². The van der Waals surface area contributed by atoms with Gasteiger partial charge >= 0.3 is 0 Å². The summed E-state index contributed by atoms with van der Waals surface area (Å²) in [5.74, 6) is 0.555. The molecule has 0 aromatic heterocycles. The van der Waals surface area contributed by atoms with Gasteiger partial charge < -0.3 is 11.1 Å². The SMILES string of the molecule is Cc1cccc(NCCC(C)c2ccccc2)c1N. The molecule has 0 saturated heterocycles. The molecule has 0 amide bonds. The van der Waals surface area contributed by atoms with Gasteiger partial charge in [-0.15, -0.1) is 0 Å². The Morgan fingerprint density at radius 1 is 1.05 bits per heavy atom. The number of para-hydroxylation sites is 1. The molecule has 3 N–H and O–H groups in total. The van der Waals surface area contributed by atoms with E-state index in [4.69, 9.17) is 5.73 Å². The normalized spacial score (nSPS) is 12.1. The van der Waals surface area contributed by atoms with Crippen LogP contribution in [0.3, 0.4) is 0 Å². The number of hydrogen-bond acceptors (Lipinski definition) is 2. The summed E-state index contributed by atoms with van der Waals surface area (Å²) in [6.07, 6.45) is 1.09. The van der Waals surface area contributed by atoms with Crippen LogP contribution in [0.4, 0.5) is 11.4 Å². The van der Waals surface area contributed by atoms with Crippen LogP contribution in [0.1, 0.15) is 30.4 Å². The summed E-state index contributed by atoms with van der Waals surface area (Å²) >= 11 is 0. The van der Waals surface area contributed by atoms with Crippen LogP contribution in [-0.2, 0) is 0 Å². The lowest BCUT2D eigenvalue weighted by atomic mass is 9.98. The minimum Gasteiger partial charge on any atom is -0.397 e. The molecule has 19 heavy (non-hydrogen) atoms. The van der Waals surface area contributed by atoms with Gasteiger partial charge in [-0.05, 0) is 36.5 Å².